The highest BCUT2D eigenvalue weighted by atomic mass is 32.1. The number of rotatable bonds is 4. The minimum Gasteiger partial charge on any atom is -0.444 e. The van der Waals surface area contributed by atoms with E-state index in [4.69, 9.17) is 4.74 Å². The van der Waals surface area contributed by atoms with Crippen molar-refractivity contribution in [2.24, 2.45) is 0 Å². The van der Waals surface area contributed by atoms with Crippen LogP contribution in [0.2, 0.25) is 0 Å². The van der Waals surface area contributed by atoms with Gasteiger partial charge in [0.1, 0.15) is 15.9 Å². The summed E-state index contributed by atoms with van der Waals surface area (Å²) in [6.45, 7) is 7.22. The standard InChI is InChI=1S/C20H22N4O3S/c1-5-16(25)21-13-8-6-12(7-9-13)14-10-11-15-17(22-14)28-18(23-15)24-19(26)27-20(2,3)4/h6-11H,5H2,1-4H3,(H,21,25)(H,23,24,26). The van der Waals surface area contributed by atoms with Crippen LogP contribution in [-0.2, 0) is 9.53 Å². The Balaban J connectivity index is 1.77. The van der Waals surface area contributed by atoms with E-state index in [2.05, 4.69) is 20.6 Å². The summed E-state index contributed by atoms with van der Waals surface area (Å²) in [7, 11) is 0. The molecule has 2 aromatic heterocycles. The molecular formula is C20H22N4O3S. The van der Waals surface area contributed by atoms with Crippen LogP contribution in [0.1, 0.15) is 34.1 Å². The zero-order chi connectivity index (χ0) is 20.3. The maximum absolute atomic E-state index is 11.9. The first-order valence-corrected chi connectivity index (χ1v) is 9.73. The summed E-state index contributed by atoms with van der Waals surface area (Å²) in [5, 5.41) is 5.90. The van der Waals surface area contributed by atoms with Crippen LogP contribution < -0.4 is 10.6 Å². The molecule has 0 saturated carbocycles. The molecule has 28 heavy (non-hydrogen) atoms. The van der Waals surface area contributed by atoms with Gasteiger partial charge >= 0.3 is 6.09 Å². The molecule has 0 spiro atoms. The number of carbonyl (C=O) groups is 2. The van der Waals surface area contributed by atoms with Crippen molar-refractivity contribution in [3.63, 3.8) is 0 Å². The van der Waals surface area contributed by atoms with E-state index in [0.29, 0.717) is 21.9 Å². The lowest BCUT2D eigenvalue weighted by Crippen LogP contribution is -2.27. The predicted molar refractivity (Wildman–Crippen MR) is 112 cm³/mol. The third-order valence-electron chi connectivity index (χ3n) is 3.65. The zero-order valence-electron chi connectivity index (χ0n) is 16.2. The Morgan fingerprint density at radius 1 is 1.04 bits per heavy atom. The SMILES string of the molecule is CCC(=O)Nc1ccc(-c2ccc3nc(NC(=O)OC(C)(C)C)sc3n2)cc1. The molecule has 0 bridgehead atoms. The van der Waals surface area contributed by atoms with Gasteiger partial charge in [-0.1, -0.05) is 30.4 Å². The molecule has 1 aromatic carbocycles. The number of benzene rings is 1. The van der Waals surface area contributed by atoms with E-state index in [1.165, 1.54) is 11.3 Å². The van der Waals surface area contributed by atoms with Crippen molar-refractivity contribution in [1.82, 2.24) is 9.97 Å². The fourth-order valence-corrected chi connectivity index (χ4v) is 3.22. The maximum Gasteiger partial charge on any atom is 0.413 e. The van der Waals surface area contributed by atoms with Gasteiger partial charge < -0.3 is 10.1 Å². The molecule has 7 nitrogen and oxygen atoms in total. The maximum atomic E-state index is 11.9. The Bertz CT molecular complexity index is 1010. The summed E-state index contributed by atoms with van der Waals surface area (Å²) in [6, 6.07) is 11.2. The first-order valence-electron chi connectivity index (χ1n) is 8.91. The minimum atomic E-state index is -0.574. The highest BCUT2D eigenvalue weighted by Crippen LogP contribution is 2.28. The summed E-state index contributed by atoms with van der Waals surface area (Å²) in [4.78, 5) is 33.1. The number of thiazole rings is 1. The van der Waals surface area contributed by atoms with E-state index in [9.17, 15) is 9.59 Å². The molecular weight excluding hydrogens is 376 g/mol. The smallest absolute Gasteiger partial charge is 0.413 e. The first kappa shape index (κ1) is 19.8. The Morgan fingerprint density at radius 2 is 1.75 bits per heavy atom. The van der Waals surface area contributed by atoms with Gasteiger partial charge in [0.2, 0.25) is 5.91 Å². The summed E-state index contributed by atoms with van der Waals surface area (Å²) >= 11 is 1.28. The Hall–Kier alpha value is -3.00. The molecule has 3 rings (SSSR count). The summed E-state index contributed by atoms with van der Waals surface area (Å²) < 4.78 is 5.24. The van der Waals surface area contributed by atoms with Crippen LogP contribution in [0.25, 0.3) is 21.6 Å². The number of aromatic nitrogens is 2. The second-order valence-electron chi connectivity index (χ2n) is 7.15. The highest BCUT2D eigenvalue weighted by Gasteiger charge is 2.18. The van der Waals surface area contributed by atoms with Gasteiger partial charge in [-0.25, -0.2) is 14.8 Å². The lowest BCUT2D eigenvalue weighted by molar-refractivity contribution is -0.115. The average Bonchev–Trinajstić information content (AvgIpc) is 3.01. The van der Waals surface area contributed by atoms with E-state index in [0.717, 1.165) is 16.9 Å². The van der Waals surface area contributed by atoms with Gasteiger partial charge in [0.05, 0.1) is 5.69 Å². The second kappa shape index (κ2) is 7.93. The number of fused-ring (bicyclic) bond motifs is 1. The van der Waals surface area contributed by atoms with Crippen LogP contribution >= 0.6 is 11.3 Å². The molecule has 2 N–H and O–H groups in total. The van der Waals surface area contributed by atoms with Crippen LogP contribution in [0.5, 0.6) is 0 Å². The van der Waals surface area contributed by atoms with Crippen molar-refractivity contribution in [3.8, 4) is 11.3 Å². The molecule has 146 valence electrons. The van der Waals surface area contributed by atoms with E-state index in [-0.39, 0.29) is 5.91 Å². The number of nitrogens with zero attached hydrogens (tertiary/aromatic N) is 2. The molecule has 0 aliphatic rings. The number of anilines is 2. The molecule has 8 heteroatoms. The van der Waals surface area contributed by atoms with Gasteiger partial charge in [0.25, 0.3) is 0 Å². The van der Waals surface area contributed by atoms with E-state index in [1.807, 2.05) is 43.3 Å². The van der Waals surface area contributed by atoms with Crippen molar-refractivity contribution in [3.05, 3.63) is 36.4 Å². The minimum absolute atomic E-state index is 0.0260. The van der Waals surface area contributed by atoms with E-state index >= 15 is 0 Å². The number of amides is 2. The molecule has 3 aromatic rings. The molecule has 0 aliphatic heterocycles. The topological polar surface area (TPSA) is 93.2 Å². The lowest BCUT2D eigenvalue weighted by atomic mass is 10.1. The molecule has 0 aliphatic carbocycles. The van der Waals surface area contributed by atoms with Crippen LogP contribution in [0.3, 0.4) is 0 Å². The summed E-state index contributed by atoms with van der Waals surface area (Å²) in [5.74, 6) is -0.0260. The van der Waals surface area contributed by atoms with Crippen LogP contribution in [0.15, 0.2) is 36.4 Å². The predicted octanol–water partition coefficient (Wildman–Crippen LogP) is 5.05. The number of carbonyl (C=O) groups excluding carboxylic acids is 2. The normalized spacial score (nSPS) is 11.3. The Morgan fingerprint density at radius 3 is 2.39 bits per heavy atom. The zero-order valence-corrected chi connectivity index (χ0v) is 17.0. The molecule has 0 radical (unpaired) electrons. The van der Waals surface area contributed by atoms with Gasteiger partial charge in [0, 0.05) is 17.7 Å². The molecule has 0 atom stereocenters. The summed E-state index contributed by atoms with van der Waals surface area (Å²) in [5.41, 5.74) is 2.58. The molecule has 0 saturated heterocycles. The number of nitrogens with one attached hydrogen (secondary N) is 2. The van der Waals surface area contributed by atoms with Gasteiger partial charge in [-0.05, 0) is 45.0 Å². The van der Waals surface area contributed by atoms with Crippen LogP contribution in [0.4, 0.5) is 15.6 Å². The monoisotopic (exact) mass is 398 g/mol. The third-order valence-corrected chi connectivity index (χ3v) is 4.53. The largest absolute Gasteiger partial charge is 0.444 e. The van der Waals surface area contributed by atoms with Crippen molar-refractivity contribution in [2.75, 3.05) is 10.6 Å². The molecule has 0 fully saturated rings. The lowest BCUT2D eigenvalue weighted by Gasteiger charge is -2.18. The van der Waals surface area contributed by atoms with Crippen LogP contribution in [0, 0.1) is 0 Å². The fraction of sp³-hybridized carbons (Fsp3) is 0.300. The fourth-order valence-electron chi connectivity index (χ4n) is 2.40. The van der Waals surface area contributed by atoms with E-state index < -0.39 is 11.7 Å². The second-order valence-corrected chi connectivity index (χ2v) is 8.12. The van der Waals surface area contributed by atoms with E-state index in [1.54, 1.807) is 20.8 Å². The van der Waals surface area contributed by atoms with Crippen molar-refractivity contribution in [1.29, 1.82) is 0 Å². The van der Waals surface area contributed by atoms with Crippen molar-refractivity contribution < 1.29 is 14.3 Å². The van der Waals surface area contributed by atoms with Gasteiger partial charge in [-0.2, -0.15) is 0 Å². The van der Waals surface area contributed by atoms with Gasteiger partial charge in [0.15, 0.2) is 5.13 Å². The van der Waals surface area contributed by atoms with Gasteiger partial charge in [-0.3, -0.25) is 10.1 Å². The van der Waals surface area contributed by atoms with Crippen molar-refractivity contribution >= 4 is 44.5 Å². The molecule has 2 heterocycles. The quantitative estimate of drug-likeness (QED) is 0.641. The number of pyridine rings is 1. The molecule has 0 unspecified atom stereocenters. The highest BCUT2D eigenvalue weighted by molar-refractivity contribution is 7.21. The van der Waals surface area contributed by atoms with Crippen molar-refractivity contribution in [2.45, 2.75) is 39.7 Å². The average molecular weight is 398 g/mol. The number of hydrogen-bond donors (Lipinski definition) is 2. The summed E-state index contributed by atoms with van der Waals surface area (Å²) in [6.07, 6.45) is -0.109. The Labute approximate surface area is 167 Å². The van der Waals surface area contributed by atoms with Crippen LogP contribution in [-0.4, -0.2) is 27.6 Å². The Kier molecular flexibility index (Phi) is 5.60. The third kappa shape index (κ3) is 5.04. The number of ether oxygens (including phenoxy) is 1. The van der Waals surface area contributed by atoms with Gasteiger partial charge in [-0.15, -0.1) is 0 Å². The molecule has 2 amide bonds. The first-order chi connectivity index (χ1) is 13.2. The number of hydrogen-bond acceptors (Lipinski definition) is 6.